The molecular weight excluding hydrogens is 412 g/mol. The van der Waals surface area contributed by atoms with Crippen molar-refractivity contribution in [3.63, 3.8) is 0 Å². The number of nitrogens with zero attached hydrogens (tertiary/aromatic N) is 4. The van der Waals surface area contributed by atoms with Gasteiger partial charge in [-0.2, -0.15) is 5.10 Å². The maximum absolute atomic E-state index is 12.5. The summed E-state index contributed by atoms with van der Waals surface area (Å²) in [6, 6.07) is 9.81. The molecule has 31 heavy (non-hydrogen) atoms. The second-order valence-corrected chi connectivity index (χ2v) is 9.41. The van der Waals surface area contributed by atoms with Gasteiger partial charge in [-0.15, -0.1) is 11.3 Å². The van der Waals surface area contributed by atoms with E-state index in [1.54, 1.807) is 11.9 Å². The molecule has 0 radical (unpaired) electrons. The Balaban J connectivity index is 1.58. The highest BCUT2D eigenvalue weighted by molar-refractivity contribution is 7.20. The van der Waals surface area contributed by atoms with E-state index in [2.05, 4.69) is 18.9 Å². The summed E-state index contributed by atoms with van der Waals surface area (Å²) in [5.41, 5.74) is 3.01. The maximum Gasteiger partial charge on any atom is 0.348 e. The fourth-order valence-corrected chi connectivity index (χ4v) is 4.32. The van der Waals surface area contributed by atoms with Gasteiger partial charge < -0.3 is 14.5 Å². The van der Waals surface area contributed by atoms with Crippen LogP contribution in [0.4, 0.5) is 5.69 Å². The van der Waals surface area contributed by atoms with Crippen LogP contribution in [-0.2, 0) is 22.6 Å². The second kappa shape index (κ2) is 9.51. The number of rotatable bonds is 8. The molecule has 7 nitrogen and oxygen atoms in total. The lowest BCUT2D eigenvalue weighted by Crippen LogP contribution is -2.30. The first-order valence-corrected chi connectivity index (χ1v) is 11.1. The van der Waals surface area contributed by atoms with E-state index >= 15 is 0 Å². The summed E-state index contributed by atoms with van der Waals surface area (Å²) in [5, 5.41) is 5.51. The van der Waals surface area contributed by atoms with Gasteiger partial charge in [-0.25, -0.2) is 4.79 Å². The molecule has 1 aromatic carbocycles. The fourth-order valence-electron chi connectivity index (χ4n) is 3.25. The highest BCUT2D eigenvalue weighted by atomic mass is 32.1. The van der Waals surface area contributed by atoms with Crippen LogP contribution in [0, 0.1) is 12.8 Å². The van der Waals surface area contributed by atoms with E-state index in [0.29, 0.717) is 17.3 Å². The number of amides is 1. The molecule has 1 amide bonds. The van der Waals surface area contributed by atoms with Crippen molar-refractivity contribution in [3.05, 3.63) is 46.5 Å². The topological polar surface area (TPSA) is 67.7 Å². The number of fused-ring (bicyclic) bond motifs is 1. The van der Waals surface area contributed by atoms with Crippen LogP contribution in [0.5, 0.6) is 0 Å². The molecule has 2 heterocycles. The summed E-state index contributed by atoms with van der Waals surface area (Å²) in [7, 11) is 5.67. The van der Waals surface area contributed by atoms with Crippen molar-refractivity contribution in [2.75, 3.05) is 32.6 Å². The van der Waals surface area contributed by atoms with Crippen LogP contribution in [0.3, 0.4) is 0 Å². The molecule has 0 fully saturated rings. The lowest BCUT2D eigenvalue weighted by Gasteiger charge is -2.18. The molecule has 0 unspecified atom stereocenters. The van der Waals surface area contributed by atoms with E-state index in [0.717, 1.165) is 33.7 Å². The van der Waals surface area contributed by atoms with E-state index in [1.807, 2.05) is 60.9 Å². The van der Waals surface area contributed by atoms with Gasteiger partial charge in [0.05, 0.1) is 5.69 Å². The van der Waals surface area contributed by atoms with E-state index in [9.17, 15) is 9.59 Å². The molecule has 2 aromatic heterocycles. The third kappa shape index (κ3) is 5.44. The highest BCUT2D eigenvalue weighted by Crippen LogP contribution is 2.29. The molecule has 166 valence electrons. The van der Waals surface area contributed by atoms with Gasteiger partial charge >= 0.3 is 5.97 Å². The van der Waals surface area contributed by atoms with Gasteiger partial charge in [-0.3, -0.25) is 9.48 Å². The first kappa shape index (κ1) is 22.8. The fraction of sp³-hybridized carbons (Fsp3) is 0.435. The number of thiophene rings is 1. The van der Waals surface area contributed by atoms with Gasteiger partial charge in [0.15, 0.2) is 6.61 Å². The lowest BCUT2D eigenvalue weighted by atomic mass is 10.2. The van der Waals surface area contributed by atoms with Crippen molar-refractivity contribution in [2.45, 2.75) is 33.9 Å². The van der Waals surface area contributed by atoms with Gasteiger partial charge in [-0.05, 0) is 36.6 Å². The zero-order valence-corrected chi connectivity index (χ0v) is 19.8. The summed E-state index contributed by atoms with van der Waals surface area (Å²) in [4.78, 5) is 30.0. The van der Waals surface area contributed by atoms with E-state index in [1.165, 1.54) is 11.3 Å². The molecule has 8 heteroatoms. The van der Waals surface area contributed by atoms with Gasteiger partial charge in [0, 0.05) is 45.3 Å². The molecule has 0 aliphatic rings. The third-order valence-corrected chi connectivity index (χ3v) is 6.10. The Hall–Kier alpha value is -2.87. The Morgan fingerprint density at radius 2 is 1.84 bits per heavy atom. The number of esters is 1. The highest BCUT2D eigenvalue weighted by Gasteiger charge is 2.19. The molecule has 0 saturated carbocycles. The summed E-state index contributed by atoms with van der Waals surface area (Å²) >= 11 is 1.36. The lowest BCUT2D eigenvalue weighted by molar-refractivity contribution is -0.133. The number of aryl methyl sites for hydroxylation is 1. The van der Waals surface area contributed by atoms with Crippen molar-refractivity contribution in [1.82, 2.24) is 14.7 Å². The van der Waals surface area contributed by atoms with Crippen molar-refractivity contribution in [2.24, 2.45) is 5.92 Å². The normalized spacial score (nSPS) is 11.2. The molecule has 0 aliphatic carbocycles. The number of hydrogen-bond acceptors (Lipinski definition) is 6. The van der Waals surface area contributed by atoms with Gasteiger partial charge in [0.25, 0.3) is 5.91 Å². The van der Waals surface area contributed by atoms with Crippen molar-refractivity contribution in [1.29, 1.82) is 0 Å². The average Bonchev–Trinajstić information content (AvgIpc) is 3.27. The second-order valence-electron chi connectivity index (χ2n) is 8.38. The smallest absolute Gasteiger partial charge is 0.348 e. The third-order valence-electron chi connectivity index (χ3n) is 4.97. The monoisotopic (exact) mass is 442 g/mol. The Morgan fingerprint density at radius 3 is 2.45 bits per heavy atom. The number of ether oxygens (including phenoxy) is 1. The Bertz CT molecular complexity index is 1070. The molecule has 3 aromatic rings. The Kier molecular flexibility index (Phi) is 7.00. The van der Waals surface area contributed by atoms with Gasteiger partial charge in [0.2, 0.25) is 0 Å². The van der Waals surface area contributed by atoms with Crippen LogP contribution in [-0.4, -0.2) is 54.3 Å². The summed E-state index contributed by atoms with van der Waals surface area (Å²) in [5.74, 6) is -0.269. The molecule has 0 saturated heterocycles. The first-order valence-electron chi connectivity index (χ1n) is 10.3. The summed E-state index contributed by atoms with van der Waals surface area (Å²) in [6.07, 6.45) is 0. The standard InChI is InChI=1S/C23H30N4O3S/c1-15(2)12-27-22-19(16(3)24-27)11-20(31-22)23(29)30-14-21(28)26(6)13-17-7-9-18(10-8-17)25(4)5/h7-11,15H,12-14H2,1-6H3. The van der Waals surface area contributed by atoms with E-state index in [-0.39, 0.29) is 12.5 Å². The van der Waals surface area contributed by atoms with Crippen molar-refractivity contribution >= 4 is 39.1 Å². The van der Waals surface area contributed by atoms with Crippen molar-refractivity contribution < 1.29 is 14.3 Å². The number of benzene rings is 1. The van der Waals surface area contributed by atoms with Gasteiger partial charge in [-0.1, -0.05) is 26.0 Å². The summed E-state index contributed by atoms with van der Waals surface area (Å²) in [6.45, 7) is 7.16. The van der Waals surface area contributed by atoms with Crippen LogP contribution in [0.1, 0.15) is 34.8 Å². The van der Waals surface area contributed by atoms with Crippen LogP contribution < -0.4 is 4.90 Å². The number of carbonyl (C=O) groups excluding carboxylic acids is 2. The molecule has 0 spiro atoms. The van der Waals surface area contributed by atoms with E-state index in [4.69, 9.17) is 4.74 Å². The molecule has 3 rings (SSSR count). The van der Waals surface area contributed by atoms with Crippen LogP contribution in [0.2, 0.25) is 0 Å². The zero-order chi connectivity index (χ0) is 22.7. The molecule has 0 bridgehead atoms. The minimum absolute atomic E-state index is 0.242. The molecule has 0 N–H and O–H groups in total. The minimum atomic E-state index is -0.478. The number of likely N-dealkylation sites (N-methyl/N-ethyl adjacent to an activating group) is 1. The van der Waals surface area contributed by atoms with Crippen LogP contribution in [0.15, 0.2) is 30.3 Å². The molecular formula is C23H30N4O3S. The maximum atomic E-state index is 12.5. The number of anilines is 1. The van der Waals surface area contributed by atoms with Crippen LogP contribution >= 0.6 is 11.3 Å². The number of carbonyl (C=O) groups is 2. The Morgan fingerprint density at radius 1 is 1.16 bits per heavy atom. The van der Waals surface area contributed by atoms with Crippen LogP contribution in [0.25, 0.3) is 10.2 Å². The average molecular weight is 443 g/mol. The molecule has 0 aliphatic heterocycles. The van der Waals surface area contributed by atoms with Crippen molar-refractivity contribution in [3.8, 4) is 0 Å². The SMILES string of the molecule is Cc1nn(CC(C)C)c2sc(C(=O)OCC(=O)N(C)Cc3ccc(N(C)C)cc3)cc12. The predicted octanol–water partition coefficient (Wildman–Crippen LogP) is 3.94. The number of hydrogen-bond donors (Lipinski definition) is 0. The van der Waals surface area contributed by atoms with E-state index < -0.39 is 5.97 Å². The predicted molar refractivity (Wildman–Crippen MR) is 125 cm³/mol. The quantitative estimate of drug-likeness (QED) is 0.494. The molecule has 0 atom stereocenters. The zero-order valence-electron chi connectivity index (χ0n) is 19.0. The Labute approximate surface area is 187 Å². The number of aromatic nitrogens is 2. The van der Waals surface area contributed by atoms with Gasteiger partial charge in [0.1, 0.15) is 9.71 Å². The first-order chi connectivity index (χ1) is 14.7. The summed E-state index contributed by atoms with van der Waals surface area (Å²) < 4.78 is 7.24. The largest absolute Gasteiger partial charge is 0.451 e. The minimum Gasteiger partial charge on any atom is -0.451 e.